The maximum Gasteiger partial charge on any atom is 0.408 e. The van der Waals surface area contributed by atoms with Crippen LogP contribution in [0.4, 0.5) is 4.79 Å². The summed E-state index contributed by atoms with van der Waals surface area (Å²) in [6.07, 6.45) is 0.256. The van der Waals surface area contributed by atoms with Crippen molar-refractivity contribution in [3.05, 3.63) is 59.7 Å². The lowest BCUT2D eigenvalue weighted by atomic mass is 9.98. The van der Waals surface area contributed by atoms with Gasteiger partial charge in [0.25, 0.3) is 0 Å². The van der Waals surface area contributed by atoms with Crippen molar-refractivity contribution >= 4 is 18.0 Å². The van der Waals surface area contributed by atoms with Crippen LogP contribution < -0.4 is 5.32 Å². The van der Waals surface area contributed by atoms with Gasteiger partial charge in [-0.2, -0.15) is 0 Å². The number of nitrogens with one attached hydrogen (secondary N) is 1. The van der Waals surface area contributed by atoms with Crippen LogP contribution in [0.5, 0.6) is 0 Å². The molecular weight excluding hydrogens is 408 g/mol. The summed E-state index contributed by atoms with van der Waals surface area (Å²) in [7, 11) is 0. The predicted octanol–water partition coefficient (Wildman–Crippen LogP) is 3.77. The fraction of sp³-hybridized carbons (Fsp3) is 0.400. The highest BCUT2D eigenvalue weighted by Crippen LogP contribution is 2.44. The number of carboxylic acids is 1. The first-order valence-electron chi connectivity index (χ1n) is 10.8. The van der Waals surface area contributed by atoms with Crippen molar-refractivity contribution in [1.29, 1.82) is 0 Å². The van der Waals surface area contributed by atoms with E-state index in [0.29, 0.717) is 12.8 Å². The Morgan fingerprint density at radius 2 is 1.56 bits per heavy atom. The Kier molecular flexibility index (Phi) is 5.44. The molecule has 0 heterocycles. The second-order valence-electron chi connectivity index (χ2n) is 9.49. The number of carboxylic acid groups (broad SMARTS) is 1. The maximum atomic E-state index is 13.1. The predicted molar refractivity (Wildman–Crippen MR) is 119 cm³/mol. The number of amides is 2. The molecule has 1 saturated carbocycles. The summed E-state index contributed by atoms with van der Waals surface area (Å²) < 4.78 is 5.58. The highest BCUT2D eigenvalue weighted by Gasteiger charge is 2.55. The van der Waals surface area contributed by atoms with Gasteiger partial charge in [0, 0.05) is 11.5 Å². The van der Waals surface area contributed by atoms with E-state index in [2.05, 4.69) is 17.4 Å². The van der Waals surface area contributed by atoms with E-state index in [1.165, 1.54) is 4.90 Å². The minimum absolute atomic E-state index is 0.0721. The van der Waals surface area contributed by atoms with E-state index >= 15 is 0 Å². The quantitative estimate of drug-likeness (QED) is 0.719. The van der Waals surface area contributed by atoms with Crippen LogP contribution in [0.2, 0.25) is 0 Å². The van der Waals surface area contributed by atoms with Crippen molar-refractivity contribution < 1.29 is 24.2 Å². The van der Waals surface area contributed by atoms with E-state index in [-0.39, 0.29) is 18.4 Å². The summed E-state index contributed by atoms with van der Waals surface area (Å²) in [6, 6.07) is 16.1. The first-order valence-corrected chi connectivity index (χ1v) is 10.8. The third-order valence-corrected chi connectivity index (χ3v) is 6.19. The number of fused-ring (bicyclic) bond motifs is 3. The van der Waals surface area contributed by atoms with Gasteiger partial charge in [0.1, 0.15) is 18.7 Å². The highest BCUT2D eigenvalue weighted by atomic mass is 16.5. The standard InChI is InChI=1S/C25H28N2O5/c1-24(2,3)27(14-21(28)29)22(30)25(12-13-25)26-23(31)32-15-20-18-10-6-4-8-16(18)17-9-5-7-11-19(17)20/h4-11,20H,12-15H2,1-3H3,(H,26,31)(H,28,29). The molecule has 1 fully saturated rings. The Balaban J connectivity index is 1.45. The first kappa shape index (κ1) is 21.9. The van der Waals surface area contributed by atoms with Crippen molar-refractivity contribution in [1.82, 2.24) is 10.2 Å². The number of hydrogen-bond acceptors (Lipinski definition) is 4. The molecule has 0 radical (unpaired) electrons. The van der Waals surface area contributed by atoms with E-state index in [1.807, 2.05) is 36.4 Å². The third-order valence-electron chi connectivity index (χ3n) is 6.19. The average molecular weight is 437 g/mol. The van der Waals surface area contributed by atoms with Crippen LogP contribution in [0.15, 0.2) is 48.5 Å². The molecular formula is C25H28N2O5. The number of carbonyl (C=O) groups excluding carboxylic acids is 2. The lowest BCUT2D eigenvalue weighted by Crippen LogP contribution is -2.57. The Bertz CT molecular complexity index is 1020. The summed E-state index contributed by atoms with van der Waals surface area (Å²) >= 11 is 0. The van der Waals surface area contributed by atoms with E-state index in [1.54, 1.807) is 20.8 Å². The molecule has 0 aliphatic heterocycles. The molecule has 7 heteroatoms. The lowest BCUT2D eigenvalue weighted by Gasteiger charge is -2.37. The number of nitrogens with zero attached hydrogens (tertiary/aromatic N) is 1. The molecule has 2 amide bonds. The molecule has 0 unspecified atom stereocenters. The van der Waals surface area contributed by atoms with Crippen molar-refractivity contribution in [3.63, 3.8) is 0 Å². The summed E-state index contributed by atoms with van der Waals surface area (Å²) in [5.41, 5.74) is 2.72. The number of ether oxygens (including phenoxy) is 1. The molecule has 0 saturated heterocycles. The minimum Gasteiger partial charge on any atom is -0.480 e. The van der Waals surface area contributed by atoms with Crippen molar-refractivity contribution in [3.8, 4) is 11.1 Å². The third kappa shape index (κ3) is 4.07. The second kappa shape index (κ2) is 7.97. The monoisotopic (exact) mass is 436 g/mol. The summed E-state index contributed by atoms with van der Waals surface area (Å²) in [6.45, 7) is 5.06. The van der Waals surface area contributed by atoms with Gasteiger partial charge < -0.3 is 20.1 Å². The number of hydrogen-bond donors (Lipinski definition) is 2. The Labute approximate surface area is 187 Å². The number of aliphatic carboxylic acids is 1. The van der Waals surface area contributed by atoms with E-state index in [9.17, 15) is 19.5 Å². The molecule has 32 heavy (non-hydrogen) atoms. The van der Waals surface area contributed by atoms with Crippen LogP contribution in [0.25, 0.3) is 11.1 Å². The van der Waals surface area contributed by atoms with Crippen LogP contribution >= 0.6 is 0 Å². The average Bonchev–Trinajstić information content (AvgIpc) is 3.45. The Morgan fingerprint density at radius 1 is 1.03 bits per heavy atom. The molecule has 2 aromatic rings. The van der Waals surface area contributed by atoms with Crippen LogP contribution in [-0.4, -0.2) is 52.2 Å². The number of carbonyl (C=O) groups is 3. The number of alkyl carbamates (subject to hydrolysis) is 1. The molecule has 4 rings (SSSR count). The molecule has 0 spiro atoms. The molecule has 0 atom stereocenters. The molecule has 2 N–H and O–H groups in total. The zero-order chi connectivity index (χ0) is 23.1. The van der Waals surface area contributed by atoms with Crippen LogP contribution in [0.1, 0.15) is 50.7 Å². The van der Waals surface area contributed by atoms with Crippen molar-refractivity contribution in [2.24, 2.45) is 0 Å². The molecule has 7 nitrogen and oxygen atoms in total. The van der Waals surface area contributed by atoms with Gasteiger partial charge in [0.15, 0.2) is 0 Å². The smallest absolute Gasteiger partial charge is 0.408 e. The number of rotatable bonds is 6. The SMILES string of the molecule is CC(C)(C)N(CC(=O)O)C(=O)C1(NC(=O)OCC2c3ccccc3-c3ccccc32)CC1. The van der Waals surface area contributed by atoms with Gasteiger partial charge in [0.05, 0.1) is 0 Å². The van der Waals surface area contributed by atoms with Gasteiger partial charge in [-0.3, -0.25) is 9.59 Å². The summed E-state index contributed by atoms with van der Waals surface area (Å²) in [5.74, 6) is -1.55. The Morgan fingerprint density at radius 3 is 2.03 bits per heavy atom. The maximum absolute atomic E-state index is 13.1. The first-order chi connectivity index (χ1) is 15.1. The second-order valence-corrected chi connectivity index (χ2v) is 9.49. The van der Waals surface area contributed by atoms with Gasteiger partial charge in [-0.15, -0.1) is 0 Å². The molecule has 0 bridgehead atoms. The summed E-state index contributed by atoms with van der Waals surface area (Å²) in [4.78, 5) is 38.4. The van der Waals surface area contributed by atoms with E-state index in [0.717, 1.165) is 22.3 Å². The zero-order valence-electron chi connectivity index (χ0n) is 18.6. The minimum atomic E-state index is -1.09. The van der Waals surface area contributed by atoms with Crippen LogP contribution in [-0.2, 0) is 14.3 Å². The van der Waals surface area contributed by atoms with Gasteiger partial charge >= 0.3 is 12.1 Å². The van der Waals surface area contributed by atoms with E-state index in [4.69, 9.17) is 4.74 Å². The normalized spacial score (nSPS) is 16.0. The van der Waals surface area contributed by atoms with Gasteiger partial charge in [-0.25, -0.2) is 4.79 Å². The molecule has 2 aromatic carbocycles. The highest BCUT2D eigenvalue weighted by molar-refractivity contribution is 5.95. The van der Waals surface area contributed by atoms with Crippen LogP contribution in [0.3, 0.4) is 0 Å². The Hall–Kier alpha value is -3.35. The molecule has 168 valence electrons. The fourth-order valence-electron chi connectivity index (χ4n) is 4.35. The van der Waals surface area contributed by atoms with Crippen LogP contribution in [0, 0.1) is 0 Å². The van der Waals surface area contributed by atoms with Crippen molar-refractivity contribution in [2.75, 3.05) is 13.2 Å². The summed E-state index contributed by atoms with van der Waals surface area (Å²) in [5, 5.41) is 11.9. The lowest BCUT2D eigenvalue weighted by molar-refractivity contribution is -0.149. The fourth-order valence-corrected chi connectivity index (χ4v) is 4.35. The molecule has 0 aromatic heterocycles. The van der Waals surface area contributed by atoms with Crippen molar-refractivity contribution in [2.45, 2.75) is 50.6 Å². The van der Waals surface area contributed by atoms with Gasteiger partial charge in [0.2, 0.25) is 5.91 Å². The zero-order valence-corrected chi connectivity index (χ0v) is 18.6. The topological polar surface area (TPSA) is 95.9 Å². The van der Waals surface area contributed by atoms with Gasteiger partial charge in [-0.1, -0.05) is 48.5 Å². The molecule has 2 aliphatic carbocycles. The number of benzene rings is 2. The van der Waals surface area contributed by atoms with Gasteiger partial charge in [-0.05, 0) is 55.9 Å². The van der Waals surface area contributed by atoms with E-state index < -0.39 is 29.7 Å². The molecule has 2 aliphatic rings. The largest absolute Gasteiger partial charge is 0.480 e.